The third-order valence-corrected chi connectivity index (χ3v) is 1.49. The molecule has 0 unspecified atom stereocenters. The Balaban J connectivity index is 0. The molecule has 0 saturated heterocycles. The molecule has 15 heavy (non-hydrogen) atoms. The summed E-state index contributed by atoms with van der Waals surface area (Å²) in [6.45, 7) is 5.79. The number of carbonyl (C=O) groups excluding carboxylic acids is 1. The molecule has 0 bridgehead atoms. The molecule has 2 heterocycles. The van der Waals surface area contributed by atoms with Crippen LogP contribution in [0.1, 0.15) is 21.1 Å². The van der Waals surface area contributed by atoms with Crippen molar-refractivity contribution in [2.24, 2.45) is 0 Å². The van der Waals surface area contributed by atoms with Crippen molar-refractivity contribution < 1.29 is 11.0 Å². The number of carbonyl (C=O) groups is 1. The summed E-state index contributed by atoms with van der Waals surface area (Å²) in [5.74, 6) is 1.42. The molecule has 1 aliphatic heterocycles. The topological polar surface area (TPSA) is 64.1 Å². The van der Waals surface area contributed by atoms with Gasteiger partial charge < -0.3 is 10.1 Å². The lowest BCUT2D eigenvalue weighted by Gasteiger charge is -2.15. The van der Waals surface area contributed by atoms with Crippen LogP contribution in [0.4, 0.5) is 5.82 Å². The normalized spacial score (nSPS) is 12.1. The minimum atomic E-state index is -0.180. The number of ether oxygens (including phenoxy) is 1. The first-order valence-corrected chi connectivity index (χ1v) is 4.52. The fraction of sp³-hybridized carbons (Fsp3) is 0.444. The van der Waals surface area contributed by atoms with Crippen LogP contribution in [0.5, 0.6) is 5.75 Å². The van der Waals surface area contributed by atoms with Crippen molar-refractivity contribution in [3.63, 3.8) is 0 Å². The van der Waals surface area contributed by atoms with Crippen molar-refractivity contribution in [2.75, 3.05) is 11.9 Å². The number of aryl methyl sites for hydroxylation is 1. The summed E-state index contributed by atoms with van der Waals surface area (Å²) in [6, 6.07) is 0. The van der Waals surface area contributed by atoms with Crippen LogP contribution >= 0.6 is 13.5 Å². The van der Waals surface area contributed by atoms with Gasteiger partial charge in [-0.15, -0.1) is 0 Å². The van der Waals surface area contributed by atoms with Gasteiger partial charge in [0, 0.05) is 1.43 Å². The van der Waals surface area contributed by atoms with Crippen LogP contribution in [-0.2, 0) is 4.79 Å². The number of nitrogens with one attached hydrogen (secondary N) is 1. The Morgan fingerprint density at radius 3 is 2.87 bits per heavy atom. The first-order chi connectivity index (χ1) is 6.75. The molecule has 0 radical (unpaired) electrons. The SMILES string of the molecule is CC.Cc1ncc2c(n1)NC(=O)CO2.S.[HH]. The molecule has 5 nitrogen and oxygen atoms in total. The van der Waals surface area contributed by atoms with Crippen LogP contribution in [0.3, 0.4) is 0 Å². The van der Waals surface area contributed by atoms with Crippen LogP contribution in [0.25, 0.3) is 0 Å². The maximum Gasteiger partial charge on any atom is 0.263 e. The zero-order valence-electron chi connectivity index (χ0n) is 9.00. The average molecular weight is 231 g/mol. The van der Waals surface area contributed by atoms with Crippen LogP contribution in [0.2, 0.25) is 0 Å². The number of fused-ring (bicyclic) bond motifs is 1. The van der Waals surface area contributed by atoms with Crippen molar-refractivity contribution in [2.45, 2.75) is 20.8 Å². The maximum absolute atomic E-state index is 10.8. The van der Waals surface area contributed by atoms with E-state index in [0.717, 1.165) is 0 Å². The van der Waals surface area contributed by atoms with Gasteiger partial charge in [-0.3, -0.25) is 4.79 Å². The molecule has 86 valence electrons. The summed E-state index contributed by atoms with van der Waals surface area (Å²) >= 11 is 0. The van der Waals surface area contributed by atoms with Crippen LogP contribution in [0, 0.1) is 6.92 Å². The highest BCUT2D eigenvalue weighted by atomic mass is 32.1. The van der Waals surface area contributed by atoms with E-state index in [1.54, 1.807) is 13.1 Å². The van der Waals surface area contributed by atoms with Gasteiger partial charge >= 0.3 is 0 Å². The Kier molecular flexibility index (Phi) is 5.69. The third kappa shape index (κ3) is 3.39. The Morgan fingerprint density at radius 2 is 2.20 bits per heavy atom. The summed E-state index contributed by atoms with van der Waals surface area (Å²) in [5.41, 5.74) is 0. The van der Waals surface area contributed by atoms with Crippen molar-refractivity contribution in [1.29, 1.82) is 0 Å². The van der Waals surface area contributed by atoms with Gasteiger partial charge in [0.2, 0.25) is 0 Å². The van der Waals surface area contributed by atoms with Crippen molar-refractivity contribution in [3.05, 3.63) is 12.0 Å². The Bertz CT molecular complexity index is 350. The summed E-state index contributed by atoms with van der Waals surface area (Å²) < 4.78 is 5.05. The molecule has 1 aromatic heterocycles. The van der Waals surface area contributed by atoms with Gasteiger partial charge in [0.05, 0.1) is 6.20 Å². The van der Waals surface area contributed by atoms with E-state index in [-0.39, 0.29) is 27.4 Å². The molecule has 1 aliphatic rings. The van der Waals surface area contributed by atoms with E-state index in [0.29, 0.717) is 17.4 Å². The number of amides is 1. The largest absolute Gasteiger partial charge is 0.478 e. The molecule has 0 fully saturated rings. The molecule has 6 heteroatoms. The van der Waals surface area contributed by atoms with Gasteiger partial charge in [-0.1, -0.05) is 13.8 Å². The second-order valence-electron chi connectivity index (χ2n) is 2.47. The fourth-order valence-corrected chi connectivity index (χ4v) is 0.966. The van der Waals surface area contributed by atoms with E-state index in [1.807, 2.05) is 13.8 Å². The van der Waals surface area contributed by atoms with E-state index in [1.165, 1.54) is 0 Å². The molecular weight excluding hydrogens is 214 g/mol. The number of hydrogen-bond acceptors (Lipinski definition) is 4. The monoisotopic (exact) mass is 231 g/mol. The van der Waals surface area contributed by atoms with E-state index >= 15 is 0 Å². The minimum Gasteiger partial charge on any atom is -0.478 e. The lowest BCUT2D eigenvalue weighted by Crippen LogP contribution is -2.26. The summed E-state index contributed by atoms with van der Waals surface area (Å²) in [7, 11) is 0. The third-order valence-electron chi connectivity index (χ3n) is 1.49. The van der Waals surface area contributed by atoms with Gasteiger partial charge in [0.1, 0.15) is 5.82 Å². The molecule has 1 amide bonds. The number of anilines is 1. The Morgan fingerprint density at radius 1 is 1.53 bits per heavy atom. The number of nitrogens with zero attached hydrogens (tertiary/aromatic N) is 2. The quantitative estimate of drug-likeness (QED) is 0.735. The van der Waals surface area contributed by atoms with Gasteiger partial charge in [-0.25, -0.2) is 9.97 Å². The molecule has 0 spiro atoms. The van der Waals surface area contributed by atoms with E-state index in [4.69, 9.17) is 4.74 Å². The Labute approximate surface area is 97.2 Å². The zero-order chi connectivity index (χ0) is 10.6. The summed E-state index contributed by atoms with van der Waals surface area (Å²) in [6.07, 6.45) is 1.55. The summed E-state index contributed by atoms with van der Waals surface area (Å²) in [4.78, 5) is 18.8. The van der Waals surface area contributed by atoms with Gasteiger partial charge in [0.15, 0.2) is 18.2 Å². The van der Waals surface area contributed by atoms with Gasteiger partial charge in [-0.2, -0.15) is 13.5 Å². The lowest BCUT2D eigenvalue weighted by molar-refractivity contribution is -0.118. The molecule has 0 aromatic carbocycles. The second-order valence-corrected chi connectivity index (χ2v) is 2.47. The predicted molar refractivity (Wildman–Crippen MR) is 64.7 cm³/mol. The fourth-order valence-electron chi connectivity index (χ4n) is 0.966. The highest BCUT2D eigenvalue weighted by Gasteiger charge is 2.16. The number of aromatic nitrogens is 2. The zero-order valence-corrected chi connectivity index (χ0v) is 10.00. The highest BCUT2D eigenvalue weighted by Crippen LogP contribution is 2.23. The van der Waals surface area contributed by atoms with E-state index in [9.17, 15) is 4.79 Å². The minimum absolute atomic E-state index is 0. The van der Waals surface area contributed by atoms with Crippen molar-refractivity contribution >= 4 is 25.2 Å². The first-order valence-electron chi connectivity index (χ1n) is 4.52. The molecule has 0 saturated carbocycles. The number of rotatable bonds is 0. The van der Waals surface area contributed by atoms with Crippen molar-refractivity contribution in [1.82, 2.24) is 9.97 Å². The van der Waals surface area contributed by atoms with Crippen LogP contribution in [0.15, 0.2) is 6.20 Å². The summed E-state index contributed by atoms with van der Waals surface area (Å²) in [5, 5.41) is 2.59. The van der Waals surface area contributed by atoms with Crippen molar-refractivity contribution in [3.8, 4) is 5.75 Å². The second kappa shape index (κ2) is 6.23. The average Bonchev–Trinajstić information content (AvgIpc) is 2.20. The smallest absolute Gasteiger partial charge is 0.263 e. The lowest BCUT2D eigenvalue weighted by atomic mass is 10.4. The van der Waals surface area contributed by atoms with Crippen LogP contribution < -0.4 is 10.1 Å². The molecule has 1 aromatic rings. The van der Waals surface area contributed by atoms with Crippen LogP contribution in [-0.4, -0.2) is 22.5 Å². The highest BCUT2D eigenvalue weighted by molar-refractivity contribution is 7.59. The van der Waals surface area contributed by atoms with E-state index < -0.39 is 0 Å². The molecule has 1 N–H and O–H groups in total. The Hall–Kier alpha value is -1.30. The molecule has 0 atom stereocenters. The molecular formula is C9H17N3O2S. The van der Waals surface area contributed by atoms with Gasteiger partial charge in [-0.05, 0) is 6.92 Å². The van der Waals surface area contributed by atoms with Gasteiger partial charge in [0.25, 0.3) is 5.91 Å². The molecule has 2 rings (SSSR count). The first kappa shape index (κ1) is 13.7. The maximum atomic E-state index is 10.8. The van der Waals surface area contributed by atoms with E-state index in [2.05, 4.69) is 15.3 Å². The standard InChI is InChI=1S/C7H7N3O2.C2H6.H2S.H2/c1-4-8-2-5-7(9-4)10-6(11)3-12-5;1-2;;/h2H,3H2,1H3,(H,8,9,10,11);1-2H3;1H2;1H. The predicted octanol–water partition coefficient (Wildman–Crippen LogP) is 1.50. The molecule has 0 aliphatic carbocycles. The number of hydrogen-bond donors (Lipinski definition) is 1.